The summed E-state index contributed by atoms with van der Waals surface area (Å²) in [5.41, 5.74) is 13.6. The minimum Gasteiger partial charge on any atom is -0.387 e. The smallest absolute Gasteiger partial charge is 0.225 e. The lowest BCUT2D eigenvalue weighted by atomic mass is 9.98. The van der Waals surface area contributed by atoms with Gasteiger partial charge in [-0.25, -0.2) is 9.97 Å². The van der Waals surface area contributed by atoms with E-state index < -0.39 is 0 Å². The van der Waals surface area contributed by atoms with Gasteiger partial charge in [-0.05, 0) is 30.4 Å². The number of ketones is 1. The molecule has 0 spiro atoms. The van der Waals surface area contributed by atoms with Gasteiger partial charge in [-0.2, -0.15) is 0 Å². The summed E-state index contributed by atoms with van der Waals surface area (Å²) in [6.45, 7) is 1.37. The molecule has 1 atom stereocenters. The van der Waals surface area contributed by atoms with Crippen LogP contribution in [0.5, 0.6) is 0 Å². The number of aromatic nitrogens is 2. The molecule has 1 fully saturated rings. The van der Waals surface area contributed by atoms with E-state index in [1.54, 1.807) is 12.4 Å². The minimum absolute atomic E-state index is 0.00209. The second-order valence-corrected chi connectivity index (χ2v) is 7.40. The monoisotopic (exact) mass is 394 g/mol. The fourth-order valence-corrected chi connectivity index (χ4v) is 3.52. The summed E-state index contributed by atoms with van der Waals surface area (Å²) < 4.78 is 0. The van der Waals surface area contributed by atoms with Crippen molar-refractivity contribution in [1.29, 1.82) is 5.41 Å². The average molecular weight is 394 g/mol. The van der Waals surface area contributed by atoms with Crippen LogP contribution in [-0.4, -0.2) is 40.6 Å². The van der Waals surface area contributed by atoms with E-state index in [1.165, 1.54) is 0 Å². The van der Waals surface area contributed by atoms with Crippen molar-refractivity contribution in [3.63, 3.8) is 0 Å². The Morgan fingerprint density at radius 3 is 2.62 bits per heavy atom. The lowest BCUT2D eigenvalue weighted by molar-refractivity contribution is -0.122. The quantitative estimate of drug-likeness (QED) is 0.460. The average Bonchev–Trinajstić information content (AvgIpc) is 2.72. The maximum Gasteiger partial charge on any atom is 0.225 e. The van der Waals surface area contributed by atoms with Gasteiger partial charge in [-0.15, -0.1) is 0 Å². The molecule has 1 saturated heterocycles. The van der Waals surface area contributed by atoms with E-state index in [0.29, 0.717) is 25.3 Å². The highest BCUT2D eigenvalue weighted by molar-refractivity contribution is 5.98. The van der Waals surface area contributed by atoms with E-state index in [2.05, 4.69) is 9.97 Å². The zero-order chi connectivity index (χ0) is 20.8. The van der Waals surface area contributed by atoms with Gasteiger partial charge in [-0.1, -0.05) is 24.3 Å². The normalized spacial score (nSPS) is 16.4. The molecule has 3 rings (SSSR count). The molecule has 2 aromatic rings. The highest BCUT2D eigenvalue weighted by Gasteiger charge is 2.25. The fraction of sp³-hybridized carbons (Fsp3) is 0.381. The standard InChI is InChI=1S/C21H26N6O2/c22-19(23)10-18(28)7-6-14-3-1-4-15(9-14)17-11-25-21(26-12-17)27-8-2-5-16(13-27)20(24)29/h1,3-4,9,11-12,16H,2,5-8,10,13H2,(H3,22,23)(H2,24,29). The summed E-state index contributed by atoms with van der Waals surface area (Å²) in [5, 5.41) is 7.19. The molecule has 152 valence electrons. The van der Waals surface area contributed by atoms with E-state index in [-0.39, 0.29) is 29.9 Å². The second kappa shape index (κ2) is 9.27. The largest absolute Gasteiger partial charge is 0.387 e. The number of amides is 1. The van der Waals surface area contributed by atoms with E-state index in [9.17, 15) is 9.59 Å². The Hall–Kier alpha value is -3.29. The van der Waals surface area contributed by atoms with Crippen LogP contribution >= 0.6 is 0 Å². The Labute approximate surface area is 169 Å². The molecule has 0 radical (unpaired) electrons. The number of hydrogen-bond donors (Lipinski definition) is 3. The molecule has 1 aromatic heterocycles. The molecule has 2 heterocycles. The molecule has 1 aromatic carbocycles. The molecule has 5 N–H and O–H groups in total. The van der Waals surface area contributed by atoms with Gasteiger partial charge in [0.05, 0.1) is 18.2 Å². The first-order chi connectivity index (χ1) is 13.9. The zero-order valence-corrected chi connectivity index (χ0v) is 16.3. The first-order valence-corrected chi connectivity index (χ1v) is 9.72. The molecule has 0 saturated carbocycles. The van der Waals surface area contributed by atoms with E-state index in [0.717, 1.165) is 36.1 Å². The molecule has 0 aliphatic carbocycles. The van der Waals surface area contributed by atoms with Crippen molar-refractivity contribution in [3.05, 3.63) is 42.2 Å². The van der Waals surface area contributed by atoms with E-state index in [1.807, 2.05) is 29.2 Å². The molecule has 8 nitrogen and oxygen atoms in total. The third-order valence-corrected chi connectivity index (χ3v) is 5.09. The molecule has 1 unspecified atom stereocenters. The SMILES string of the molecule is N=C(N)CC(=O)CCc1cccc(-c2cnc(N3CCCC(C(N)=O)C3)nc2)c1. The summed E-state index contributed by atoms with van der Waals surface area (Å²) >= 11 is 0. The van der Waals surface area contributed by atoms with Crippen LogP contribution < -0.4 is 16.4 Å². The highest BCUT2D eigenvalue weighted by atomic mass is 16.1. The molecule has 1 aliphatic heterocycles. The fourth-order valence-electron chi connectivity index (χ4n) is 3.52. The van der Waals surface area contributed by atoms with E-state index >= 15 is 0 Å². The maximum absolute atomic E-state index is 11.8. The maximum atomic E-state index is 11.8. The Balaban J connectivity index is 1.66. The van der Waals surface area contributed by atoms with Crippen molar-refractivity contribution in [2.45, 2.75) is 32.1 Å². The molecule has 8 heteroatoms. The Morgan fingerprint density at radius 2 is 1.93 bits per heavy atom. The molecule has 29 heavy (non-hydrogen) atoms. The molecule has 0 bridgehead atoms. The van der Waals surface area contributed by atoms with Crippen LogP contribution in [0.15, 0.2) is 36.7 Å². The van der Waals surface area contributed by atoms with Crippen molar-refractivity contribution in [2.75, 3.05) is 18.0 Å². The van der Waals surface area contributed by atoms with Gasteiger partial charge >= 0.3 is 0 Å². The van der Waals surface area contributed by atoms with Gasteiger partial charge in [0.1, 0.15) is 5.78 Å². The number of nitrogens with zero attached hydrogens (tertiary/aromatic N) is 3. The molecule has 1 aliphatic rings. The van der Waals surface area contributed by atoms with Gasteiger partial charge in [0, 0.05) is 37.5 Å². The van der Waals surface area contributed by atoms with Crippen LogP contribution in [0, 0.1) is 11.3 Å². The number of benzene rings is 1. The van der Waals surface area contributed by atoms with Crippen molar-refractivity contribution in [3.8, 4) is 11.1 Å². The van der Waals surface area contributed by atoms with Crippen LogP contribution in [0.2, 0.25) is 0 Å². The Morgan fingerprint density at radius 1 is 1.17 bits per heavy atom. The molecular weight excluding hydrogens is 368 g/mol. The number of carbonyl (C=O) groups excluding carboxylic acids is 2. The summed E-state index contributed by atoms with van der Waals surface area (Å²) in [6, 6.07) is 7.90. The highest BCUT2D eigenvalue weighted by Crippen LogP contribution is 2.23. The minimum atomic E-state index is -0.273. The predicted octanol–water partition coefficient (Wildman–Crippen LogP) is 1.67. The second-order valence-electron chi connectivity index (χ2n) is 7.40. The van der Waals surface area contributed by atoms with Crippen LogP contribution in [0.4, 0.5) is 5.95 Å². The number of anilines is 1. The number of primary amides is 1. The number of hydrogen-bond acceptors (Lipinski definition) is 6. The van der Waals surface area contributed by atoms with Gasteiger partial charge < -0.3 is 16.4 Å². The van der Waals surface area contributed by atoms with Crippen molar-refractivity contribution in [1.82, 2.24) is 9.97 Å². The summed E-state index contributed by atoms with van der Waals surface area (Å²) in [6.07, 6.45) is 6.21. The van der Waals surface area contributed by atoms with Gasteiger partial charge in [-0.3, -0.25) is 15.0 Å². The number of aryl methyl sites for hydroxylation is 1. The summed E-state index contributed by atoms with van der Waals surface area (Å²) in [7, 11) is 0. The summed E-state index contributed by atoms with van der Waals surface area (Å²) in [5.74, 6) is 0.0354. The molecule has 1 amide bonds. The van der Waals surface area contributed by atoms with E-state index in [4.69, 9.17) is 16.9 Å². The van der Waals surface area contributed by atoms with Crippen LogP contribution in [-0.2, 0) is 16.0 Å². The van der Waals surface area contributed by atoms with Crippen molar-refractivity contribution >= 4 is 23.5 Å². The lowest BCUT2D eigenvalue weighted by Gasteiger charge is -2.31. The first-order valence-electron chi connectivity index (χ1n) is 9.72. The predicted molar refractivity (Wildman–Crippen MR) is 111 cm³/mol. The zero-order valence-electron chi connectivity index (χ0n) is 16.3. The number of nitrogens with one attached hydrogen (secondary N) is 1. The van der Waals surface area contributed by atoms with Gasteiger partial charge in [0.15, 0.2) is 0 Å². The number of carbonyl (C=O) groups is 2. The number of rotatable bonds is 8. The third kappa shape index (κ3) is 5.60. The molecular formula is C21H26N6O2. The Bertz CT molecular complexity index is 896. The lowest BCUT2D eigenvalue weighted by Crippen LogP contribution is -2.41. The number of nitrogens with two attached hydrogens (primary N) is 2. The van der Waals surface area contributed by atoms with Crippen molar-refractivity contribution in [2.24, 2.45) is 17.4 Å². The number of amidine groups is 1. The summed E-state index contributed by atoms with van der Waals surface area (Å²) in [4.78, 5) is 34.2. The van der Waals surface area contributed by atoms with Crippen molar-refractivity contribution < 1.29 is 9.59 Å². The topological polar surface area (TPSA) is 139 Å². The number of piperidine rings is 1. The van der Waals surface area contributed by atoms with Gasteiger partial charge in [0.25, 0.3) is 0 Å². The van der Waals surface area contributed by atoms with Crippen LogP contribution in [0.25, 0.3) is 11.1 Å². The Kier molecular flexibility index (Phi) is 6.54. The third-order valence-electron chi connectivity index (χ3n) is 5.09. The van der Waals surface area contributed by atoms with Gasteiger partial charge in [0.2, 0.25) is 11.9 Å². The van der Waals surface area contributed by atoms with Crippen LogP contribution in [0.3, 0.4) is 0 Å². The first kappa shape index (κ1) is 20.4. The number of Topliss-reactive ketones (excluding diaryl/α,β-unsaturated/α-hetero) is 1. The van der Waals surface area contributed by atoms with Crippen LogP contribution in [0.1, 0.15) is 31.2 Å².